The second-order valence-electron chi connectivity index (χ2n) is 3.72. The average Bonchev–Trinajstić information content (AvgIpc) is 3.08. The highest BCUT2D eigenvalue weighted by atomic mass is 32.2. The van der Waals surface area contributed by atoms with Crippen LogP contribution in [-0.4, -0.2) is 21.9 Å². The van der Waals surface area contributed by atoms with Crippen LogP contribution in [0.1, 0.15) is 19.3 Å². The van der Waals surface area contributed by atoms with Crippen molar-refractivity contribution in [1.29, 1.82) is 0 Å². The Hall–Kier alpha value is -1.38. The van der Waals surface area contributed by atoms with E-state index in [4.69, 9.17) is 10.3 Å². The lowest BCUT2D eigenvalue weighted by Crippen LogP contribution is -2.29. The second-order valence-corrected chi connectivity index (χ2v) is 5.72. The third-order valence-corrected chi connectivity index (χ3v) is 4.09. The number of hydrogen-bond donors (Lipinski definition) is 2. The van der Waals surface area contributed by atoms with E-state index in [2.05, 4.69) is 15.6 Å². The van der Waals surface area contributed by atoms with Crippen LogP contribution < -0.4 is 11.3 Å². The van der Waals surface area contributed by atoms with E-state index in [1.165, 1.54) is 11.8 Å². The topological polar surface area (TPSA) is 94.0 Å². The normalized spacial score (nSPS) is 10.6. The number of nitrogens with one attached hydrogen (secondary N) is 1. The molecule has 2 aromatic heterocycles. The van der Waals surface area contributed by atoms with E-state index in [-0.39, 0.29) is 5.91 Å². The van der Waals surface area contributed by atoms with Crippen molar-refractivity contribution in [3.63, 3.8) is 0 Å². The van der Waals surface area contributed by atoms with Crippen molar-refractivity contribution in [2.45, 2.75) is 24.5 Å². The first-order valence-electron chi connectivity index (χ1n) is 5.79. The van der Waals surface area contributed by atoms with Crippen molar-refractivity contribution in [2.24, 2.45) is 5.84 Å². The predicted octanol–water partition coefficient (Wildman–Crippen LogP) is 2.05. The Kier molecular flexibility index (Phi) is 5.37. The summed E-state index contributed by atoms with van der Waals surface area (Å²) in [6.07, 6.45) is 2.14. The van der Waals surface area contributed by atoms with Crippen LogP contribution in [0.2, 0.25) is 0 Å². The van der Waals surface area contributed by atoms with Crippen LogP contribution in [0.5, 0.6) is 0 Å². The standard InChI is InChI=1S/C11H14N4O2S2/c12-13-9(16)5-1-2-6-19-11-15-14-10(17-11)8-4-3-7-18-8/h3-4,7H,1-2,5-6,12H2,(H,13,16). The van der Waals surface area contributed by atoms with Crippen LogP contribution >= 0.6 is 23.1 Å². The van der Waals surface area contributed by atoms with Gasteiger partial charge in [0.05, 0.1) is 4.88 Å². The maximum absolute atomic E-state index is 10.9. The van der Waals surface area contributed by atoms with Gasteiger partial charge >= 0.3 is 0 Å². The SMILES string of the molecule is NNC(=O)CCCCSc1nnc(-c2cccs2)o1. The summed E-state index contributed by atoms with van der Waals surface area (Å²) in [6.45, 7) is 0. The number of hydrazine groups is 1. The first-order valence-corrected chi connectivity index (χ1v) is 7.66. The Bertz CT molecular complexity index is 513. The van der Waals surface area contributed by atoms with Gasteiger partial charge in [-0.25, -0.2) is 5.84 Å². The first kappa shape index (κ1) is 14.0. The fourth-order valence-electron chi connectivity index (χ4n) is 1.39. The zero-order valence-electron chi connectivity index (χ0n) is 10.2. The molecule has 0 unspecified atom stereocenters. The van der Waals surface area contributed by atoms with Crippen LogP contribution in [0.4, 0.5) is 0 Å². The van der Waals surface area contributed by atoms with Crippen LogP contribution in [-0.2, 0) is 4.79 Å². The maximum Gasteiger partial charge on any atom is 0.276 e. The average molecular weight is 298 g/mol. The predicted molar refractivity (Wildman–Crippen MR) is 74.5 cm³/mol. The van der Waals surface area contributed by atoms with E-state index in [0.717, 1.165) is 23.5 Å². The van der Waals surface area contributed by atoms with E-state index in [1.54, 1.807) is 11.3 Å². The monoisotopic (exact) mass is 298 g/mol. The highest BCUT2D eigenvalue weighted by Crippen LogP contribution is 2.26. The van der Waals surface area contributed by atoms with Gasteiger partial charge in [0.25, 0.3) is 11.1 Å². The number of nitrogens with two attached hydrogens (primary N) is 1. The Morgan fingerprint density at radius 3 is 3.11 bits per heavy atom. The van der Waals surface area contributed by atoms with Crippen molar-refractivity contribution < 1.29 is 9.21 Å². The van der Waals surface area contributed by atoms with Crippen molar-refractivity contribution in [3.05, 3.63) is 17.5 Å². The molecule has 1 amide bonds. The third kappa shape index (κ3) is 4.34. The van der Waals surface area contributed by atoms with Gasteiger partial charge in [0, 0.05) is 12.2 Å². The van der Waals surface area contributed by atoms with Crippen molar-refractivity contribution in [2.75, 3.05) is 5.75 Å². The Morgan fingerprint density at radius 2 is 2.37 bits per heavy atom. The lowest BCUT2D eigenvalue weighted by atomic mass is 10.2. The summed E-state index contributed by atoms with van der Waals surface area (Å²) in [7, 11) is 0. The molecule has 8 heteroatoms. The van der Waals surface area contributed by atoms with Gasteiger partial charge in [-0.1, -0.05) is 17.8 Å². The number of amides is 1. The zero-order chi connectivity index (χ0) is 13.5. The minimum absolute atomic E-state index is 0.136. The molecule has 6 nitrogen and oxygen atoms in total. The lowest BCUT2D eigenvalue weighted by Gasteiger charge is -1.98. The molecule has 0 aliphatic carbocycles. The lowest BCUT2D eigenvalue weighted by molar-refractivity contribution is -0.121. The number of aromatic nitrogens is 2. The molecule has 19 heavy (non-hydrogen) atoms. The molecular formula is C11H14N4O2S2. The molecule has 3 N–H and O–H groups in total. The molecular weight excluding hydrogens is 284 g/mol. The Labute approximate surface area is 118 Å². The first-order chi connectivity index (χ1) is 9.29. The highest BCUT2D eigenvalue weighted by molar-refractivity contribution is 7.99. The molecule has 0 saturated heterocycles. The van der Waals surface area contributed by atoms with E-state index in [9.17, 15) is 4.79 Å². The number of carbonyl (C=O) groups excluding carboxylic acids is 1. The summed E-state index contributed by atoms with van der Waals surface area (Å²) in [5.41, 5.74) is 2.11. The van der Waals surface area contributed by atoms with Gasteiger partial charge in [0.15, 0.2) is 0 Å². The van der Waals surface area contributed by atoms with E-state index in [1.807, 2.05) is 17.5 Å². The zero-order valence-corrected chi connectivity index (χ0v) is 11.8. The molecule has 102 valence electrons. The van der Waals surface area contributed by atoms with E-state index < -0.39 is 0 Å². The number of unbranched alkanes of at least 4 members (excludes halogenated alkanes) is 1. The minimum Gasteiger partial charge on any atom is -0.410 e. The third-order valence-electron chi connectivity index (χ3n) is 2.32. The van der Waals surface area contributed by atoms with Gasteiger partial charge in [-0.2, -0.15) is 0 Å². The quantitative estimate of drug-likeness (QED) is 0.267. The van der Waals surface area contributed by atoms with Crippen molar-refractivity contribution in [3.8, 4) is 10.8 Å². The molecule has 0 fully saturated rings. The van der Waals surface area contributed by atoms with Crippen LogP contribution in [0, 0.1) is 0 Å². The number of thiophene rings is 1. The van der Waals surface area contributed by atoms with Gasteiger partial charge in [-0.15, -0.1) is 21.5 Å². The van der Waals surface area contributed by atoms with E-state index >= 15 is 0 Å². The summed E-state index contributed by atoms with van der Waals surface area (Å²) < 4.78 is 5.53. The largest absolute Gasteiger partial charge is 0.410 e. The summed E-state index contributed by atoms with van der Waals surface area (Å²) in [6, 6.07) is 3.89. The molecule has 0 aliphatic heterocycles. The van der Waals surface area contributed by atoms with Crippen LogP contribution in [0.3, 0.4) is 0 Å². The highest BCUT2D eigenvalue weighted by Gasteiger charge is 2.09. The Morgan fingerprint density at radius 1 is 1.47 bits per heavy atom. The van der Waals surface area contributed by atoms with Crippen LogP contribution in [0.25, 0.3) is 10.8 Å². The summed E-state index contributed by atoms with van der Waals surface area (Å²) in [5, 5.41) is 10.5. The fraction of sp³-hybridized carbons (Fsp3) is 0.364. The van der Waals surface area contributed by atoms with Crippen molar-refractivity contribution in [1.82, 2.24) is 15.6 Å². The van der Waals surface area contributed by atoms with Crippen LogP contribution in [0.15, 0.2) is 27.2 Å². The van der Waals surface area contributed by atoms with Gasteiger partial charge in [-0.3, -0.25) is 10.2 Å². The van der Waals surface area contributed by atoms with Gasteiger partial charge in [-0.05, 0) is 24.3 Å². The van der Waals surface area contributed by atoms with Gasteiger partial charge < -0.3 is 4.42 Å². The van der Waals surface area contributed by atoms with Crippen molar-refractivity contribution >= 4 is 29.0 Å². The molecule has 0 bridgehead atoms. The number of thioether (sulfide) groups is 1. The maximum atomic E-state index is 10.9. The summed E-state index contributed by atoms with van der Waals surface area (Å²) in [5.74, 6) is 6.25. The minimum atomic E-state index is -0.136. The molecule has 0 aromatic carbocycles. The molecule has 0 radical (unpaired) electrons. The molecule has 0 atom stereocenters. The molecule has 0 spiro atoms. The van der Waals surface area contributed by atoms with E-state index in [0.29, 0.717) is 17.5 Å². The fourth-order valence-corrected chi connectivity index (χ4v) is 2.79. The van der Waals surface area contributed by atoms with Gasteiger partial charge in [0.1, 0.15) is 0 Å². The molecule has 2 heterocycles. The second kappa shape index (κ2) is 7.27. The smallest absolute Gasteiger partial charge is 0.276 e. The summed E-state index contributed by atoms with van der Waals surface area (Å²) in [4.78, 5) is 11.9. The number of carbonyl (C=O) groups is 1. The molecule has 0 aliphatic rings. The van der Waals surface area contributed by atoms with Gasteiger partial charge in [0.2, 0.25) is 5.91 Å². The number of nitrogens with zero attached hydrogens (tertiary/aromatic N) is 2. The summed E-state index contributed by atoms with van der Waals surface area (Å²) >= 11 is 3.06. The molecule has 2 aromatic rings. The molecule has 2 rings (SSSR count). The molecule has 0 saturated carbocycles. The number of hydrogen-bond acceptors (Lipinski definition) is 7. The number of rotatable bonds is 7. The Balaban J connectivity index is 1.71.